The number of unbranched alkanes of at least 4 members (excludes halogenated alkanes) is 3. The number of amides is 1. The van der Waals surface area contributed by atoms with Gasteiger partial charge in [-0.15, -0.1) is 6.42 Å². The Kier molecular flexibility index (Phi) is 7.96. The van der Waals surface area contributed by atoms with Crippen molar-refractivity contribution in [2.45, 2.75) is 32.1 Å². The number of nitrogens with zero attached hydrogens (tertiary/aromatic N) is 1. The molecular formula is C11H20N2O. The van der Waals surface area contributed by atoms with E-state index in [1.807, 2.05) is 0 Å². The highest BCUT2D eigenvalue weighted by Gasteiger charge is 2.05. The third kappa shape index (κ3) is 6.50. The maximum atomic E-state index is 11.4. The molecule has 0 aliphatic rings. The van der Waals surface area contributed by atoms with Gasteiger partial charge in [-0.3, -0.25) is 4.79 Å². The van der Waals surface area contributed by atoms with E-state index >= 15 is 0 Å². The molecular weight excluding hydrogens is 176 g/mol. The van der Waals surface area contributed by atoms with Crippen molar-refractivity contribution in [2.24, 2.45) is 5.73 Å². The minimum atomic E-state index is 0.135. The van der Waals surface area contributed by atoms with Gasteiger partial charge < -0.3 is 10.6 Å². The van der Waals surface area contributed by atoms with Crippen LogP contribution in [-0.4, -0.2) is 30.9 Å². The van der Waals surface area contributed by atoms with E-state index in [0.717, 1.165) is 32.2 Å². The van der Waals surface area contributed by atoms with Gasteiger partial charge in [-0.1, -0.05) is 18.8 Å². The summed E-state index contributed by atoms with van der Waals surface area (Å²) in [5.41, 5.74) is 5.36. The van der Waals surface area contributed by atoms with Gasteiger partial charge in [-0.2, -0.15) is 0 Å². The second-order valence-corrected chi connectivity index (χ2v) is 3.41. The third-order valence-corrected chi connectivity index (χ3v) is 2.10. The summed E-state index contributed by atoms with van der Waals surface area (Å²) < 4.78 is 0. The molecule has 0 rings (SSSR count). The average molecular weight is 196 g/mol. The molecule has 0 spiro atoms. The van der Waals surface area contributed by atoms with E-state index in [9.17, 15) is 4.79 Å². The lowest BCUT2D eigenvalue weighted by Gasteiger charge is -2.13. The summed E-state index contributed by atoms with van der Waals surface area (Å²) >= 11 is 0. The van der Waals surface area contributed by atoms with Crippen molar-refractivity contribution in [1.29, 1.82) is 0 Å². The smallest absolute Gasteiger partial charge is 0.223 e. The number of hydrogen-bond acceptors (Lipinski definition) is 2. The molecule has 0 unspecified atom stereocenters. The highest BCUT2D eigenvalue weighted by atomic mass is 16.2. The van der Waals surface area contributed by atoms with Crippen LogP contribution in [0.2, 0.25) is 0 Å². The van der Waals surface area contributed by atoms with E-state index in [4.69, 9.17) is 12.2 Å². The molecule has 0 bridgehead atoms. The molecule has 3 nitrogen and oxygen atoms in total. The van der Waals surface area contributed by atoms with Crippen molar-refractivity contribution in [3.8, 4) is 12.3 Å². The summed E-state index contributed by atoms with van der Waals surface area (Å²) in [6.07, 6.45) is 9.88. The molecule has 0 saturated heterocycles. The van der Waals surface area contributed by atoms with Crippen molar-refractivity contribution in [1.82, 2.24) is 4.90 Å². The van der Waals surface area contributed by atoms with E-state index in [-0.39, 0.29) is 5.91 Å². The molecule has 0 aromatic carbocycles. The molecule has 0 fully saturated rings. The van der Waals surface area contributed by atoms with E-state index in [1.165, 1.54) is 0 Å². The molecule has 1 amide bonds. The molecule has 0 aliphatic heterocycles. The molecule has 0 radical (unpaired) electrons. The zero-order valence-corrected chi connectivity index (χ0v) is 8.96. The van der Waals surface area contributed by atoms with Crippen LogP contribution in [0.25, 0.3) is 0 Å². The van der Waals surface area contributed by atoms with Gasteiger partial charge in [-0.25, -0.2) is 0 Å². The van der Waals surface area contributed by atoms with Crippen LogP contribution in [0.5, 0.6) is 0 Å². The average Bonchev–Trinajstić information content (AvgIpc) is 2.17. The van der Waals surface area contributed by atoms with Crippen LogP contribution < -0.4 is 5.73 Å². The summed E-state index contributed by atoms with van der Waals surface area (Å²) in [5.74, 6) is 2.58. The Morgan fingerprint density at radius 2 is 2.00 bits per heavy atom. The molecule has 0 aliphatic carbocycles. The molecule has 0 aromatic heterocycles. The topological polar surface area (TPSA) is 46.3 Å². The molecule has 0 saturated carbocycles. The standard InChI is InChI=1S/C11H20N2O/c1-3-10-13(2)11(14)8-6-4-5-7-9-12/h1H,4-10,12H2,2H3. The van der Waals surface area contributed by atoms with E-state index in [2.05, 4.69) is 5.92 Å². The Morgan fingerprint density at radius 1 is 1.36 bits per heavy atom. The fraction of sp³-hybridized carbons (Fsp3) is 0.727. The molecule has 0 atom stereocenters. The number of carbonyl (C=O) groups is 1. The van der Waals surface area contributed by atoms with Crippen molar-refractivity contribution in [3.63, 3.8) is 0 Å². The summed E-state index contributed by atoms with van der Waals surface area (Å²) in [4.78, 5) is 13.0. The maximum Gasteiger partial charge on any atom is 0.223 e. The first-order chi connectivity index (χ1) is 6.72. The predicted molar refractivity (Wildman–Crippen MR) is 58.6 cm³/mol. The monoisotopic (exact) mass is 196 g/mol. The van der Waals surface area contributed by atoms with Gasteiger partial charge in [-0.05, 0) is 19.4 Å². The lowest BCUT2D eigenvalue weighted by atomic mass is 10.1. The molecule has 0 aromatic rings. The van der Waals surface area contributed by atoms with Gasteiger partial charge in [0.05, 0.1) is 6.54 Å². The molecule has 0 heterocycles. The van der Waals surface area contributed by atoms with Crippen LogP contribution in [0.3, 0.4) is 0 Å². The number of nitrogens with two attached hydrogens (primary N) is 1. The van der Waals surface area contributed by atoms with Crippen LogP contribution in [-0.2, 0) is 4.79 Å². The molecule has 14 heavy (non-hydrogen) atoms. The largest absolute Gasteiger partial charge is 0.335 e. The SMILES string of the molecule is C#CCN(C)C(=O)CCCCCCN. The van der Waals surface area contributed by atoms with Crippen molar-refractivity contribution in [3.05, 3.63) is 0 Å². The van der Waals surface area contributed by atoms with Crippen molar-refractivity contribution >= 4 is 5.91 Å². The van der Waals surface area contributed by atoms with Crippen molar-refractivity contribution in [2.75, 3.05) is 20.1 Å². The van der Waals surface area contributed by atoms with Crippen LogP contribution >= 0.6 is 0 Å². The number of rotatable bonds is 7. The minimum Gasteiger partial charge on any atom is -0.335 e. The maximum absolute atomic E-state index is 11.4. The van der Waals surface area contributed by atoms with E-state index < -0.39 is 0 Å². The third-order valence-electron chi connectivity index (χ3n) is 2.10. The van der Waals surface area contributed by atoms with Crippen LogP contribution in [0.1, 0.15) is 32.1 Å². The van der Waals surface area contributed by atoms with Gasteiger partial charge in [0.2, 0.25) is 5.91 Å². The first-order valence-electron chi connectivity index (χ1n) is 5.10. The van der Waals surface area contributed by atoms with Gasteiger partial charge in [0.25, 0.3) is 0 Å². The molecule has 2 N–H and O–H groups in total. The van der Waals surface area contributed by atoms with Crippen LogP contribution in [0.4, 0.5) is 0 Å². The van der Waals surface area contributed by atoms with Crippen molar-refractivity contribution < 1.29 is 4.79 Å². The lowest BCUT2D eigenvalue weighted by Crippen LogP contribution is -2.26. The first-order valence-corrected chi connectivity index (χ1v) is 5.10. The fourth-order valence-corrected chi connectivity index (χ4v) is 1.19. The quantitative estimate of drug-likeness (QED) is 0.487. The van der Waals surface area contributed by atoms with Gasteiger partial charge in [0.15, 0.2) is 0 Å². The van der Waals surface area contributed by atoms with Gasteiger partial charge in [0, 0.05) is 13.5 Å². The summed E-state index contributed by atoms with van der Waals surface area (Å²) in [5, 5.41) is 0. The zero-order valence-electron chi connectivity index (χ0n) is 8.96. The Balaban J connectivity index is 3.40. The number of terminal acetylenes is 1. The summed E-state index contributed by atoms with van der Waals surface area (Å²) in [6.45, 7) is 1.15. The van der Waals surface area contributed by atoms with Gasteiger partial charge >= 0.3 is 0 Å². The Morgan fingerprint density at radius 3 is 2.57 bits per heavy atom. The highest BCUT2D eigenvalue weighted by Crippen LogP contribution is 2.03. The first kappa shape index (κ1) is 13.0. The Labute approximate surface area is 86.6 Å². The number of hydrogen-bond donors (Lipinski definition) is 1. The predicted octanol–water partition coefficient (Wildman–Crippen LogP) is 0.987. The second kappa shape index (κ2) is 8.58. The second-order valence-electron chi connectivity index (χ2n) is 3.41. The summed E-state index contributed by atoms with van der Waals surface area (Å²) in [7, 11) is 1.74. The minimum absolute atomic E-state index is 0.135. The van der Waals surface area contributed by atoms with Gasteiger partial charge in [0.1, 0.15) is 0 Å². The molecule has 80 valence electrons. The Hall–Kier alpha value is -1.01. The molecule has 3 heteroatoms. The zero-order chi connectivity index (χ0) is 10.8. The Bertz CT molecular complexity index is 196. The van der Waals surface area contributed by atoms with Crippen LogP contribution in [0.15, 0.2) is 0 Å². The highest BCUT2D eigenvalue weighted by molar-refractivity contribution is 5.76. The summed E-state index contributed by atoms with van der Waals surface area (Å²) in [6, 6.07) is 0. The van der Waals surface area contributed by atoms with Crippen LogP contribution in [0, 0.1) is 12.3 Å². The normalized spacial score (nSPS) is 9.50. The van der Waals surface area contributed by atoms with E-state index in [1.54, 1.807) is 11.9 Å². The lowest BCUT2D eigenvalue weighted by molar-refractivity contribution is -0.129. The van der Waals surface area contributed by atoms with E-state index in [0.29, 0.717) is 13.0 Å². The number of carbonyl (C=O) groups excluding carboxylic acids is 1. The fourth-order valence-electron chi connectivity index (χ4n) is 1.19.